The van der Waals surface area contributed by atoms with Gasteiger partial charge < -0.3 is 20.5 Å². The molecular weight excluding hydrogens is 260 g/mol. The maximum Gasteiger partial charge on any atom is 0.278 e. The summed E-state index contributed by atoms with van der Waals surface area (Å²) >= 11 is 0. The SMILES string of the molecule is Nc1nccnc1C(=O)Nc1ccc2c(c1)OCCO2. The molecular formula is C13H12N4O3. The van der Waals surface area contributed by atoms with Gasteiger partial charge in [-0.3, -0.25) is 4.79 Å². The number of anilines is 2. The lowest BCUT2D eigenvalue weighted by molar-refractivity contribution is 0.102. The quantitative estimate of drug-likeness (QED) is 0.848. The highest BCUT2D eigenvalue weighted by Gasteiger charge is 2.15. The predicted octanol–water partition coefficient (Wildman–Crippen LogP) is 1.08. The van der Waals surface area contributed by atoms with Crippen LogP contribution in [-0.4, -0.2) is 29.1 Å². The number of amides is 1. The first kappa shape index (κ1) is 12.2. The number of benzene rings is 1. The van der Waals surface area contributed by atoms with Crippen LogP contribution in [0, 0.1) is 0 Å². The van der Waals surface area contributed by atoms with Crippen molar-refractivity contribution in [2.45, 2.75) is 0 Å². The van der Waals surface area contributed by atoms with E-state index in [1.54, 1.807) is 18.2 Å². The number of ether oxygens (including phenoxy) is 2. The van der Waals surface area contributed by atoms with Crippen molar-refractivity contribution in [2.24, 2.45) is 0 Å². The molecule has 1 aliphatic heterocycles. The number of aromatic nitrogens is 2. The average Bonchev–Trinajstić information content (AvgIpc) is 2.47. The van der Waals surface area contributed by atoms with Gasteiger partial charge in [-0.1, -0.05) is 0 Å². The first-order valence-electron chi connectivity index (χ1n) is 6.01. The van der Waals surface area contributed by atoms with Gasteiger partial charge in [0.25, 0.3) is 5.91 Å². The number of nitrogens with one attached hydrogen (secondary N) is 1. The molecule has 0 atom stereocenters. The lowest BCUT2D eigenvalue weighted by atomic mass is 10.2. The topological polar surface area (TPSA) is 99.4 Å². The molecule has 1 aliphatic rings. The van der Waals surface area contributed by atoms with E-state index in [4.69, 9.17) is 15.2 Å². The third kappa shape index (κ3) is 2.33. The van der Waals surface area contributed by atoms with Gasteiger partial charge in [0.2, 0.25) is 0 Å². The summed E-state index contributed by atoms with van der Waals surface area (Å²) in [6, 6.07) is 5.15. The van der Waals surface area contributed by atoms with Crippen LogP contribution in [-0.2, 0) is 0 Å². The lowest BCUT2D eigenvalue weighted by Crippen LogP contribution is -2.18. The Kier molecular flexibility index (Phi) is 3.08. The second-order valence-corrected chi connectivity index (χ2v) is 4.10. The summed E-state index contributed by atoms with van der Waals surface area (Å²) in [5.41, 5.74) is 6.27. The molecule has 0 saturated carbocycles. The van der Waals surface area contributed by atoms with Crippen LogP contribution in [0.25, 0.3) is 0 Å². The fraction of sp³-hybridized carbons (Fsp3) is 0.154. The zero-order valence-electron chi connectivity index (χ0n) is 10.5. The molecule has 1 aromatic heterocycles. The van der Waals surface area contributed by atoms with Crippen molar-refractivity contribution in [1.29, 1.82) is 0 Å². The molecule has 0 bridgehead atoms. The summed E-state index contributed by atoms with van der Waals surface area (Å²) in [6.45, 7) is 1.01. The lowest BCUT2D eigenvalue weighted by Gasteiger charge is -2.19. The second kappa shape index (κ2) is 5.04. The smallest absolute Gasteiger partial charge is 0.278 e. The van der Waals surface area contributed by atoms with E-state index in [0.29, 0.717) is 30.4 Å². The van der Waals surface area contributed by atoms with Gasteiger partial charge in [-0.2, -0.15) is 0 Å². The highest BCUT2D eigenvalue weighted by atomic mass is 16.6. The van der Waals surface area contributed by atoms with Crippen molar-refractivity contribution >= 4 is 17.4 Å². The number of fused-ring (bicyclic) bond motifs is 1. The molecule has 0 fully saturated rings. The largest absolute Gasteiger partial charge is 0.486 e. The fourth-order valence-corrected chi connectivity index (χ4v) is 1.84. The van der Waals surface area contributed by atoms with E-state index in [9.17, 15) is 4.79 Å². The first-order valence-corrected chi connectivity index (χ1v) is 6.01. The van der Waals surface area contributed by atoms with Gasteiger partial charge in [-0.05, 0) is 12.1 Å². The number of nitrogen functional groups attached to an aromatic ring is 1. The second-order valence-electron chi connectivity index (χ2n) is 4.10. The summed E-state index contributed by atoms with van der Waals surface area (Å²) in [6.07, 6.45) is 2.84. The molecule has 0 radical (unpaired) electrons. The number of carbonyl (C=O) groups is 1. The van der Waals surface area contributed by atoms with Crippen LogP contribution in [0.4, 0.5) is 11.5 Å². The van der Waals surface area contributed by atoms with Crippen LogP contribution in [0.15, 0.2) is 30.6 Å². The Morgan fingerprint density at radius 2 is 1.90 bits per heavy atom. The minimum atomic E-state index is -0.424. The molecule has 2 heterocycles. The number of carbonyl (C=O) groups excluding carboxylic acids is 1. The van der Waals surface area contributed by atoms with Crippen LogP contribution in [0.3, 0.4) is 0 Å². The Labute approximate surface area is 114 Å². The molecule has 7 heteroatoms. The summed E-state index contributed by atoms with van der Waals surface area (Å²) in [4.78, 5) is 19.8. The maximum absolute atomic E-state index is 12.0. The summed E-state index contributed by atoms with van der Waals surface area (Å²) in [7, 11) is 0. The molecule has 3 N–H and O–H groups in total. The Balaban J connectivity index is 1.81. The van der Waals surface area contributed by atoms with E-state index < -0.39 is 5.91 Å². The summed E-state index contributed by atoms with van der Waals surface area (Å²) < 4.78 is 10.9. The van der Waals surface area contributed by atoms with E-state index in [-0.39, 0.29) is 11.5 Å². The first-order chi connectivity index (χ1) is 9.74. The Morgan fingerprint density at radius 3 is 2.70 bits per heavy atom. The van der Waals surface area contributed by atoms with Gasteiger partial charge in [0.05, 0.1) is 0 Å². The third-order valence-electron chi connectivity index (χ3n) is 2.74. The van der Waals surface area contributed by atoms with E-state index in [1.165, 1.54) is 12.4 Å². The van der Waals surface area contributed by atoms with Crippen molar-refractivity contribution in [3.63, 3.8) is 0 Å². The Bertz CT molecular complexity index is 660. The molecule has 1 amide bonds. The van der Waals surface area contributed by atoms with Gasteiger partial charge >= 0.3 is 0 Å². The molecule has 0 saturated heterocycles. The molecule has 20 heavy (non-hydrogen) atoms. The summed E-state index contributed by atoms with van der Waals surface area (Å²) in [5.74, 6) is 0.921. The van der Waals surface area contributed by atoms with Gasteiger partial charge in [-0.15, -0.1) is 0 Å². The van der Waals surface area contributed by atoms with Crippen LogP contribution in [0.2, 0.25) is 0 Å². The minimum absolute atomic E-state index is 0.0855. The average molecular weight is 272 g/mol. The fourth-order valence-electron chi connectivity index (χ4n) is 1.84. The van der Waals surface area contributed by atoms with E-state index in [0.717, 1.165) is 0 Å². The van der Waals surface area contributed by atoms with Gasteiger partial charge in [0.15, 0.2) is 23.0 Å². The molecule has 3 rings (SSSR count). The molecule has 2 aromatic rings. The molecule has 0 aliphatic carbocycles. The highest BCUT2D eigenvalue weighted by Crippen LogP contribution is 2.32. The number of hydrogen-bond donors (Lipinski definition) is 2. The zero-order chi connectivity index (χ0) is 13.9. The van der Waals surface area contributed by atoms with Gasteiger partial charge in [0, 0.05) is 24.1 Å². The normalized spacial score (nSPS) is 12.8. The summed E-state index contributed by atoms with van der Waals surface area (Å²) in [5, 5.41) is 2.69. The molecule has 1 aromatic carbocycles. The Hall–Kier alpha value is -2.83. The molecule has 0 spiro atoms. The van der Waals surface area contributed by atoms with Crippen molar-refractivity contribution in [1.82, 2.24) is 9.97 Å². The van der Waals surface area contributed by atoms with Crippen molar-refractivity contribution < 1.29 is 14.3 Å². The molecule has 0 unspecified atom stereocenters. The minimum Gasteiger partial charge on any atom is -0.486 e. The van der Waals surface area contributed by atoms with Crippen LogP contribution >= 0.6 is 0 Å². The van der Waals surface area contributed by atoms with Crippen molar-refractivity contribution in [3.8, 4) is 11.5 Å². The van der Waals surface area contributed by atoms with E-state index in [2.05, 4.69) is 15.3 Å². The third-order valence-corrected chi connectivity index (χ3v) is 2.74. The van der Waals surface area contributed by atoms with Gasteiger partial charge in [-0.25, -0.2) is 9.97 Å². The Morgan fingerprint density at radius 1 is 1.15 bits per heavy atom. The maximum atomic E-state index is 12.0. The van der Waals surface area contributed by atoms with Crippen molar-refractivity contribution in [3.05, 3.63) is 36.3 Å². The standard InChI is InChI=1S/C13H12N4O3/c14-12-11(15-3-4-16-12)13(18)17-8-1-2-9-10(7-8)20-6-5-19-9/h1-4,7H,5-6H2,(H2,14,16)(H,17,18). The monoisotopic (exact) mass is 272 g/mol. The predicted molar refractivity (Wildman–Crippen MR) is 71.8 cm³/mol. The number of nitrogens with two attached hydrogens (primary N) is 1. The zero-order valence-corrected chi connectivity index (χ0v) is 10.5. The number of nitrogens with zero attached hydrogens (tertiary/aromatic N) is 2. The number of hydrogen-bond acceptors (Lipinski definition) is 6. The van der Waals surface area contributed by atoms with E-state index in [1.807, 2.05) is 0 Å². The number of rotatable bonds is 2. The van der Waals surface area contributed by atoms with Crippen LogP contribution < -0.4 is 20.5 Å². The van der Waals surface area contributed by atoms with Gasteiger partial charge in [0.1, 0.15) is 13.2 Å². The van der Waals surface area contributed by atoms with Crippen LogP contribution in [0.5, 0.6) is 11.5 Å². The molecule has 102 valence electrons. The van der Waals surface area contributed by atoms with Crippen molar-refractivity contribution in [2.75, 3.05) is 24.3 Å². The van der Waals surface area contributed by atoms with E-state index >= 15 is 0 Å². The highest BCUT2D eigenvalue weighted by molar-refractivity contribution is 6.05. The molecule has 7 nitrogen and oxygen atoms in total. The van der Waals surface area contributed by atoms with Crippen LogP contribution in [0.1, 0.15) is 10.5 Å².